The van der Waals surface area contributed by atoms with Gasteiger partial charge < -0.3 is 25.8 Å². The number of nitrogens with one attached hydrogen (secondary N) is 1. The van der Waals surface area contributed by atoms with Crippen LogP contribution in [0.3, 0.4) is 0 Å². The Morgan fingerprint density at radius 3 is 2.36 bits per heavy atom. The van der Waals surface area contributed by atoms with Gasteiger partial charge in [-0.05, 0) is 48.9 Å². The number of benzene rings is 2. The summed E-state index contributed by atoms with van der Waals surface area (Å²) >= 11 is 0. The molecule has 0 spiro atoms. The van der Waals surface area contributed by atoms with Crippen molar-refractivity contribution in [1.29, 1.82) is 0 Å². The Morgan fingerprint density at radius 2 is 1.74 bits per heavy atom. The van der Waals surface area contributed by atoms with Gasteiger partial charge in [0.1, 0.15) is 5.75 Å². The Bertz CT molecular complexity index is 1240. The molecule has 0 aromatic heterocycles. The SMILES string of the molecule is CCCN(CCC)C(=O)C1([C@H](Cc2ccccc2)[C@@H](O)CNCc2cccc(OC(F)(F)F)c2)C=CC=C(C(N)=O)C1. The summed E-state index contributed by atoms with van der Waals surface area (Å²) in [6.45, 7) is 5.24. The molecule has 4 N–H and O–H groups in total. The molecule has 1 unspecified atom stereocenters. The Morgan fingerprint density at radius 1 is 1.07 bits per heavy atom. The molecule has 1 aliphatic rings. The third kappa shape index (κ3) is 8.93. The Labute approximate surface area is 245 Å². The highest BCUT2D eigenvalue weighted by atomic mass is 19.4. The molecule has 42 heavy (non-hydrogen) atoms. The molecule has 3 atom stereocenters. The summed E-state index contributed by atoms with van der Waals surface area (Å²) in [7, 11) is 0. The maximum atomic E-state index is 14.4. The Balaban J connectivity index is 1.93. The van der Waals surface area contributed by atoms with Gasteiger partial charge >= 0.3 is 6.36 Å². The summed E-state index contributed by atoms with van der Waals surface area (Å²) in [6, 6.07) is 15.1. The average molecular weight is 588 g/mol. The molecule has 0 radical (unpaired) electrons. The number of nitrogens with zero attached hydrogens (tertiary/aromatic N) is 1. The van der Waals surface area contributed by atoms with Gasteiger partial charge in [0.05, 0.1) is 11.5 Å². The van der Waals surface area contributed by atoms with Crippen LogP contribution in [0.15, 0.2) is 78.4 Å². The Hall–Kier alpha value is -3.63. The number of carbonyl (C=O) groups excluding carboxylic acids is 2. The van der Waals surface area contributed by atoms with Crippen LogP contribution in [0.5, 0.6) is 5.75 Å². The summed E-state index contributed by atoms with van der Waals surface area (Å²) in [4.78, 5) is 28.5. The van der Waals surface area contributed by atoms with E-state index in [0.717, 1.165) is 18.4 Å². The maximum Gasteiger partial charge on any atom is 0.573 e. The molecule has 1 aliphatic carbocycles. The fourth-order valence-electron chi connectivity index (χ4n) is 5.54. The van der Waals surface area contributed by atoms with E-state index in [4.69, 9.17) is 5.73 Å². The second kappa shape index (κ2) is 15.0. The zero-order valence-corrected chi connectivity index (χ0v) is 24.1. The average Bonchev–Trinajstić information content (AvgIpc) is 2.95. The van der Waals surface area contributed by atoms with Crippen LogP contribution in [-0.2, 0) is 22.6 Å². The van der Waals surface area contributed by atoms with Crippen molar-refractivity contribution in [1.82, 2.24) is 10.2 Å². The number of ether oxygens (including phenoxy) is 1. The number of hydrogen-bond donors (Lipinski definition) is 3. The van der Waals surface area contributed by atoms with Gasteiger partial charge in [0.2, 0.25) is 11.8 Å². The summed E-state index contributed by atoms with van der Waals surface area (Å²) < 4.78 is 42.0. The van der Waals surface area contributed by atoms with E-state index in [1.165, 1.54) is 18.2 Å². The summed E-state index contributed by atoms with van der Waals surface area (Å²) in [6.07, 6.45) is 1.08. The van der Waals surface area contributed by atoms with Crippen LogP contribution in [0, 0.1) is 11.3 Å². The number of hydrogen-bond acceptors (Lipinski definition) is 5. The van der Waals surface area contributed by atoms with Crippen molar-refractivity contribution in [3.63, 3.8) is 0 Å². The van der Waals surface area contributed by atoms with Gasteiger partial charge in [-0.3, -0.25) is 9.59 Å². The lowest BCUT2D eigenvalue weighted by atomic mass is 9.64. The molecule has 0 saturated heterocycles. The number of primary amides is 1. The molecule has 2 aromatic rings. The highest BCUT2D eigenvalue weighted by Crippen LogP contribution is 2.44. The first kappa shape index (κ1) is 32.9. The molecule has 0 bridgehead atoms. The highest BCUT2D eigenvalue weighted by Gasteiger charge is 2.49. The second-order valence-electron chi connectivity index (χ2n) is 10.6. The van der Waals surface area contributed by atoms with E-state index in [0.29, 0.717) is 30.6 Å². The number of amides is 2. The van der Waals surface area contributed by atoms with Gasteiger partial charge in [-0.2, -0.15) is 0 Å². The zero-order chi connectivity index (χ0) is 30.8. The van der Waals surface area contributed by atoms with Crippen molar-refractivity contribution >= 4 is 11.8 Å². The topological polar surface area (TPSA) is 105 Å². The molecule has 10 heteroatoms. The van der Waals surface area contributed by atoms with Gasteiger partial charge in [-0.15, -0.1) is 13.2 Å². The van der Waals surface area contributed by atoms with E-state index in [1.54, 1.807) is 29.2 Å². The van der Waals surface area contributed by atoms with Crippen LogP contribution in [0.1, 0.15) is 44.2 Å². The molecule has 7 nitrogen and oxygen atoms in total. The predicted octanol–water partition coefficient (Wildman–Crippen LogP) is 4.90. The minimum Gasteiger partial charge on any atom is -0.406 e. The van der Waals surface area contributed by atoms with E-state index in [2.05, 4.69) is 10.1 Å². The minimum atomic E-state index is -4.80. The van der Waals surface area contributed by atoms with Crippen LogP contribution in [0.2, 0.25) is 0 Å². The third-order valence-corrected chi connectivity index (χ3v) is 7.40. The number of aliphatic hydroxyl groups is 1. The third-order valence-electron chi connectivity index (χ3n) is 7.40. The number of nitrogens with two attached hydrogens (primary N) is 1. The van der Waals surface area contributed by atoms with E-state index >= 15 is 0 Å². The number of halogens is 3. The van der Waals surface area contributed by atoms with Gasteiger partial charge in [-0.1, -0.05) is 74.5 Å². The van der Waals surface area contributed by atoms with E-state index in [9.17, 15) is 27.9 Å². The molecule has 2 aromatic carbocycles. The number of rotatable bonds is 15. The van der Waals surface area contributed by atoms with E-state index < -0.39 is 29.7 Å². The van der Waals surface area contributed by atoms with E-state index in [-0.39, 0.29) is 31.2 Å². The van der Waals surface area contributed by atoms with Crippen molar-refractivity contribution in [3.05, 3.63) is 89.5 Å². The van der Waals surface area contributed by atoms with Crippen LogP contribution in [0.25, 0.3) is 0 Å². The maximum absolute atomic E-state index is 14.4. The van der Waals surface area contributed by atoms with Crippen molar-refractivity contribution in [2.45, 2.75) is 58.5 Å². The molecule has 3 rings (SSSR count). The predicted molar refractivity (Wildman–Crippen MR) is 155 cm³/mol. The van der Waals surface area contributed by atoms with Gasteiger partial charge in [0.15, 0.2) is 0 Å². The first-order chi connectivity index (χ1) is 20.0. The Kier molecular flexibility index (Phi) is 11.8. The minimum absolute atomic E-state index is 0.0436. The monoisotopic (exact) mass is 587 g/mol. The van der Waals surface area contributed by atoms with Gasteiger partial charge in [-0.25, -0.2) is 0 Å². The largest absolute Gasteiger partial charge is 0.573 e. The normalized spacial score (nSPS) is 18.2. The molecule has 0 saturated carbocycles. The van der Waals surface area contributed by atoms with Crippen LogP contribution in [-0.4, -0.2) is 53.9 Å². The number of aliphatic hydroxyl groups excluding tert-OH is 1. The fourth-order valence-corrected chi connectivity index (χ4v) is 5.54. The summed E-state index contributed by atoms with van der Waals surface area (Å²) in [5.74, 6) is -1.79. The fraction of sp³-hybridized carbons (Fsp3) is 0.438. The first-order valence-corrected chi connectivity index (χ1v) is 14.2. The molecule has 0 heterocycles. The first-order valence-electron chi connectivity index (χ1n) is 14.2. The van der Waals surface area contributed by atoms with Crippen LogP contribution < -0.4 is 15.8 Å². The van der Waals surface area contributed by atoms with E-state index in [1.807, 2.05) is 44.2 Å². The lowest BCUT2D eigenvalue weighted by molar-refractivity contribution is -0.274. The van der Waals surface area contributed by atoms with Crippen LogP contribution >= 0.6 is 0 Å². The second-order valence-corrected chi connectivity index (χ2v) is 10.6. The summed E-state index contributed by atoms with van der Waals surface area (Å²) in [5, 5.41) is 14.8. The highest BCUT2D eigenvalue weighted by molar-refractivity contribution is 5.95. The van der Waals surface area contributed by atoms with Gasteiger partial charge in [0.25, 0.3) is 0 Å². The smallest absolute Gasteiger partial charge is 0.406 e. The standard InChI is InChI=1S/C32H40F3N3O4/c1-3-16-38(17-4-2)30(41)31(15-9-13-25(20-31)29(36)40)27(19-23-10-6-5-7-11-23)28(39)22-37-21-24-12-8-14-26(18-24)42-32(33,34)35/h5-15,18,27-28,37,39H,3-4,16-17,19-22H2,1-2H3,(H2,36,40)/t27-,28+,31?/m1/s1. The number of alkyl halides is 3. The summed E-state index contributed by atoms with van der Waals surface area (Å²) in [5.41, 5.74) is 6.18. The lowest BCUT2D eigenvalue weighted by Gasteiger charge is -2.44. The van der Waals surface area contributed by atoms with Crippen molar-refractivity contribution in [2.75, 3.05) is 19.6 Å². The lowest BCUT2D eigenvalue weighted by Crippen LogP contribution is -2.54. The molecule has 228 valence electrons. The van der Waals surface area contributed by atoms with Crippen LogP contribution in [0.4, 0.5) is 13.2 Å². The van der Waals surface area contributed by atoms with Crippen molar-refractivity contribution in [3.8, 4) is 5.75 Å². The molecule has 0 fully saturated rings. The number of allylic oxidation sites excluding steroid dienone is 2. The zero-order valence-electron chi connectivity index (χ0n) is 24.1. The molecular formula is C32H40F3N3O4. The van der Waals surface area contributed by atoms with Crippen molar-refractivity contribution < 1.29 is 32.6 Å². The molecule has 2 amide bonds. The quantitative estimate of drug-likeness (QED) is 0.275. The van der Waals surface area contributed by atoms with Crippen molar-refractivity contribution in [2.24, 2.45) is 17.1 Å². The molecular weight excluding hydrogens is 547 g/mol. The van der Waals surface area contributed by atoms with Gasteiger partial charge in [0, 0.05) is 37.7 Å². The number of carbonyl (C=O) groups is 2. The molecule has 0 aliphatic heterocycles.